The summed E-state index contributed by atoms with van der Waals surface area (Å²) < 4.78 is 21.0. The highest BCUT2D eigenvalue weighted by molar-refractivity contribution is 5.81. The Hall–Kier alpha value is -0.690. The molecule has 2 atom stereocenters. The number of ether oxygens (including phenoxy) is 4. The van der Waals surface area contributed by atoms with E-state index in [4.69, 9.17) is 18.9 Å². The molecule has 0 heterocycles. The highest BCUT2D eigenvalue weighted by Gasteiger charge is 2.46. The summed E-state index contributed by atoms with van der Waals surface area (Å²) >= 11 is 0. The van der Waals surface area contributed by atoms with E-state index in [9.17, 15) is 4.79 Å². The van der Waals surface area contributed by atoms with Gasteiger partial charge in [-0.1, -0.05) is 0 Å². The molecule has 0 amide bonds. The van der Waals surface area contributed by atoms with E-state index in [1.807, 2.05) is 13.8 Å². The maximum absolute atomic E-state index is 12.1. The number of nitrogens with one attached hydrogen (secondary N) is 1. The second-order valence-corrected chi connectivity index (χ2v) is 5.71. The minimum atomic E-state index is -0.607. The molecule has 0 spiro atoms. The molecule has 1 fully saturated rings. The lowest BCUT2D eigenvalue weighted by molar-refractivity contribution is -0.149. The quantitative estimate of drug-likeness (QED) is 0.482. The van der Waals surface area contributed by atoms with Crippen LogP contribution in [-0.4, -0.2) is 64.3 Å². The van der Waals surface area contributed by atoms with Crippen molar-refractivity contribution in [2.75, 3.05) is 40.6 Å². The number of carbonyl (C=O) groups excluding carboxylic acids is 1. The molecule has 0 aromatic rings. The molecule has 0 aromatic carbocycles. The molecule has 0 aliphatic heterocycles. The smallest absolute Gasteiger partial charge is 0.326 e. The molecule has 1 N–H and O–H groups in total. The first-order valence-corrected chi connectivity index (χ1v) is 7.58. The summed E-state index contributed by atoms with van der Waals surface area (Å²) in [4.78, 5) is 12.1. The Bertz CT molecular complexity index is 310. The number of esters is 1. The molecule has 6 nitrogen and oxygen atoms in total. The van der Waals surface area contributed by atoms with Crippen molar-refractivity contribution >= 4 is 5.97 Å². The molecular formula is C15H29NO5. The monoisotopic (exact) mass is 303 g/mol. The molecule has 1 rings (SSSR count). The van der Waals surface area contributed by atoms with E-state index in [-0.39, 0.29) is 18.1 Å². The van der Waals surface area contributed by atoms with Gasteiger partial charge in [0.2, 0.25) is 0 Å². The van der Waals surface area contributed by atoms with Crippen LogP contribution in [0, 0.1) is 0 Å². The molecule has 0 aromatic heterocycles. The molecule has 0 radical (unpaired) electrons. The van der Waals surface area contributed by atoms with Crippen LogP contribution >= 0.6 is 0 Å². The lowest BCUT2D eigenvalue weighted by Crippen LogP contribution is -2.53. The minimum absolute atomic E-state index is 0.0707. The Morgan fingerprint density at radius 3 is 2.57 bits per heavy atom. The van der Waals surface area contributed by atoms with Gasteiger partial charge in [0.25, 0.3) is 0 Å². The zero-order valence-electron chi connectivity index (χ0n) is 13.6. The van der Waals surface area contributed by atoms with Crippen LogP contribution in [0.25, 0.3) is 0 Å². The lowest BCUT2D eigenvalue weighted by atomic mass is 9.96. The molecule has 21 heavy (non-hydrogen) atoms. The average Bonchev–Trinajstić information content (AvgIpc) is 2.85. The van der Waals surface area contributed by atoms with E-state index in [2.05, 4.69) is 5.32 Å². The first-order valence-electron chi connectivity index (χ1n) is 7.58. The van der Waals surface area contributed by atoms with E-state index in [1.54, 1.807) is 7.11 Å². The maximum atomic E-state index is 12.1. The van der Waals surface area contributed by atoms with Gasteiger partial charge in [0.15, 0.2) is 0 Å². The SMILES string of the molecule is COCCOCCOC1CCC(NC(C)C)(C(=O)OC)C1. The topological polar surface area (TPSA) is 66.0 Å². The van der Waals surface area contributed by atoms with Crippen LogP contribution < -0.4 is 5.32 Å². The molecule has 124 valence electrons. The summed E-state index contributed by atoms with van der Waals surface area (Å²) in [5, 5.41) is 3.35. The third kappa shape index (κ3) is 5.90. The third-order valence-corrected chi connectivity index (χ3v) is 3.62. The van der Waals surface area contributed by atoms with Crippen LogP contribution in [0.2, 0.25) is 0 Å². The predicted molar refractivity (Wildman–Crippen MR) is 79.3 cm³/mol. The van der Waals surface area contributed by atoms with Gasteiger partial charge in [-0.25, -0.2) is 0 Å². The van der Waals surface area contributed by atoms with Crippen molar-refractivity contribution in [2.45, 2.75) is 50.8 Å². The van der Waals surface area contributed by atoms with Crippen LogP contribution in [0.3, 0.4) is 0 Å². The van der Waals surface area contributed by atoms with Gasteiger partial charge in [-0.3, -0.25) is 10.1 Å². The Kier molecular flexibility index (Phi) is 8.18. The van der Waals surface area contributed by atoms with Crippen molar-refractivity contribution < 1.29 is 23.7 Å². The zero-order valence-corrected chi connectivity index (χ0v) is 13.6. The summed E-state index contributed by atoms with van der Waals surface area (Å²) in [6, 6.07) is 0.222. The Balaban J connectivity index is 2.35. The second kappa shape index (κ2) is 9.35. The molecule has 1 aliphatic carbocycles. The molecule has 2 unspecified atom stereocenters. The lowest BCUT2D eigenvalue weighted by Gasteiger charge is -2.30. The van der Waals surface area contributed by atoms with Gasteiger partial charge in [-0.05, 0) is 26.7 Å². The molecule has 6 heteroatoms. The van der Waals surface area contributed by atoms with Gasteiger partial charge in [0.05, 0.1) is 39.6 Å². The number of methoxy groups -OCH3 is 2. The van der Waals surface area contributed by atoms with E-state index in [0.29, 0.717) is 32.8 Å². The van der Waals surface area contributed by atoms with Gasteiger partial charge in [-0.2, -0.15) is 0 Å². The summed E-state index contributed by atoms with van der Waals surface area (Å²) in [7, 11) is 3.08. The van der Waals surface area contributed by atoms with Crippen molar-refractivity contribution in [1.29, 1.82) is 0 Å². The molecule has 1 saturated carbocycles. The van der Waals surface area contributed by atoms with Gasteiger partial charge < -0.3 is 18.9 Å². The fourth-order valence-corrected chi connectivity index (χ4v) is 2.78. The summed E-state index contributed by atoms with van der Waals surface area (Å²) in [6.07, 6.45) is 2.32. The highest BCUT2D eigenvalue weighted by Crippen LogP contribution is 2.33. The maximum Gasteiger partial charge on any atom is 0.326 e. The minimum Gasteiger partial charge on any atom is -0.468 e. The van der Waals surface area contributed by atoms with Crippen molar-refractivity contribution in [3.63, 3.8) is 0 Å². The molecule has 0 bridgehead atoms. The van der Waals surface area contributed by atoms with Crippen molar-refractivity contribution in [1.82, 2.24) is 5.32 Å². The Morgan fingerprint density at radius 2 is 1.95 bits per heavy atom. The van der Waals surface area contributed by atoms with Crippen LogP contribution in [0.15, 0.2) is 0 Å². The molecule has 0 saturated heterocycles. The Morgan fingerprint density at radius 1 is 1.24 bits per heavy atom. The first-order chi connectivity index (χ1) is 10.0. The largest absolute Gasteiger partial charge is 0.468 e. The van der Waals surface area contributed by atoms with E-state index in [0.717, 1.165) is 12.8 Å². The van der Waals surface area contributed by atoms with Crippen molar-refractivity contribution in [3.05, 3.63) is 0 Å². The molecule has 1 aliphatic rings. The summed E-state index contributed by atoms with van der Waals surface area (Å²) in [6.45, 7) is 6.31. The zero-order chi connectivity index (χ0) is 15.7. The summed E-state index contributed by atoms with van der Waals surface area (Å²) in [5.41, 5.74) is -0.607. The fraction of sp³-hybridized carbons (Fsp3) is 0.933. The van der Waals surface area contributed by atoms with E-state index in [1.165, 1.54) is 7.11 Å². The number of rotatable bonds is 10. The summed E-state index contributed by atoms with van der Waals surface area (Å²) in [5.74, 6) is -0.196. The first kappa shape index (κ1) is 18.4. The van der Waals surface area contributed by atoms with Crippen LogP contribution in [0.5, 0.6) is 0 Å². The second-order valence-electron chi connectivity index (χ2n) is 5.71. The van der Waals surface area contributed by atoms with Crippen LogP contribution in [-0.2, 0) is 23.7 Å². The predicted octanol–water partition coefficient (Wildman–Crippen LogP) is 1.13. The van der Waals surface area contributed by atoms with Crippen LogP contribution in [0.4, 0.5) is 0 Å². The van der Waals surface area contributed by atoms with Gasteiger partial charge in [0, 0.05) is 19.6 Å². The normalized spacial score (nSPS) is 25.5. The molecular weight excluding hydrogens is 274 g/mol. The average molecular weight is 303 g/mol. The standard InChI is InChI=1S/C15H29NO5/c1-12(2)16-15(14(17)19-4)6-5-13(11-15)21-10-9-20-8-7-18-3/h12-13,16H,5-11H2,1-4H3. The number of hydrogen-bond donors (Lipinski definition) is 1. The van der Waals surface area contributed by atoms with Crippen LogP contribution in [0.1, 0.15) is 33.1 Å². The number of hydrogen-bond acceptors (Lipinski definition) is 6. The van der Waals surface area contributed by atoms with Gasteiger partial charge in [-0.15, -0.1) is 0 Å². The third-order valence-electron chi connectivity index (χ3n) is 3.62. The van der Waals surface area contributed by atoms with Crippen molar-refractivity contribution in [3.8, 4) is 0 Å². The number of carbonyl (C=O) groups is 1. The van der Waals surface area contributed by atoms with E-state index >= 15 is 0 Å². The van der Waals surface area contributed by atoms with Gasteiger partial charge >= 0.3 is 5.97 Å². The van der Waals surface area contributed by atoms with Gasteiger partial charge in [0.1, 0.15) is 5.54 Å². The van der Waals surface area contributed by atoms with Crippen molar-refractivity contribution in [2.24, 2.45) is 0 Å². The highest BCUT2D eigenvalue weighted by atomic mass is 16.5. The van der Waals surface area contributed by atoms with E-state index < -0.39 is 5.54 Å². The Labute approximate surface area is 127 Å². The fourth-order valence-electron chi connectivity index (χ4n) is 2.78.